The zero-order chi connectivity index (χ0) is 17.8. The second-order valence-corrected chi connectivity index (χ2v) is 6.62. The lowest BCUT2D eigenvalue weighted by atomic mass is 10.2. The standard InChI is InChI=1S/C19H22ClN3O2/c1-14-12-17(6-7-21-14)22-8-10-23(11-9-22)19(24)15(2)25-18-5-3-4-16(20)13-18/h3-7,12-13,15H,8-11H2,1-2H3. The van der Waals surface area contributed by atoms with Crippen LogP contribution in [0.1, 0.15) is 12.6 Å². The van der Waals surface area contributed by atoms with Gasteiger partial charge in [-0.1, -0.05) is 17.7 Å². The van der Waals surface area contributed by atoms with Crippen molar-refractivity contribution in [3.05, 3.63) is 53.3 Å². The molecule has 1 fully saturated rings. The van der Waals surface area contributed by atoms with Gasteiger partial charge in [0.1, 0.15) is 5.75 Å². The Bertz CT molecular complexity index is 745. The predicted octanol–water partition coefficient (Wildman–Crippen LogP) is 3.16. The number of piperazine rings is 1. The third-order valence-corrected chi connectivity index (χ3v) is 4.53. The minimum atomic E-state index is -0.534. The van der Waals surface area contributed by atoms with Crippen molar-refractivity contribution in [1.29, 1.82) is 0 Å². The van der Waals surface area contributed by atoms with Gasteiger partial charge >= 0.3 is 0 Å². The van der Waals surface area contributed by atoms with Gasteiger partial charge in [0, 0.05) is 48.8 Å². The van der Waals surface area contributed by atoms with Crippen LogP contribution in [0.15, 0.2) is 42.6 Å². The second kappa shape index (κ2) is 7.74. The summed E-state index contributed by atoms with van der Waals surface area (Å²) in [5, 5.41) is 0.596. The van der Waals surface area contributed by atoms with Crippen LogP contribution in [-0.2, 0) is 4.79 Å². The van der Waals surface area contributed by atoms with Crippen LogP contribution in [0.25, 0.3) is 0 Å². The van der Waals surface area contributed by atoms with Gasteiger partial charge < -0.3 is 14.5 Å². The number of amides is 1. The number of carbonyl (C=O) groups is 1. The van der Waals surface area contributed by atoms with Crippen molar-refractivity contribution >= 4 is 23.2 Å². The molecule has 0 N–H and O–H groups in total. The summed E-state index contributed by atoms with van der Waals surface area (Å²) in [6.07, 6.45) is 1.29. The number of aryl methyl sites for hydroxylation is 1. The maximum Gasteiger partial charge on any atom is 0.263 e. The molecule has 2 heterocycles. The molecule has 6 heteroatoms. The van der Waals surface area contributed by atoms with E-state index in [1.807, 2.05) is 30.2 Å². The molecule has 0 aliphatic carbocycles. The normalized spacial score (nSPS) is 15.8. The van der Waals surface area contributed by atoms with Gasteiger partial charge in [-0.15, -0.1) is 0 Å². The van der Waals surface area contributed by atoms with E-state index >= 15 is 0 Å². The maximum absolute atomic E-state index is 12.6. The van der Waals surface area contributed by atoms with Crippen molar-refractivity contribution in [3.8, 4) is 5.75 Å². The van der Waals surface area contributed by atoms with Crippen LogP contribution in [0, 0.1) is 6.92 Å². The fraction of sp³-hybridized carbons (Fsp3) is 0.368. The van der Waals surface area contributed by atoms with E-state index in [0.717, 1.165) is 24.5 Å². The number of rotatable bonds is 4. The molecular formula is C19H22ClN3O2. The van der Waals surface area contributed by atoms with E-state index < -0.39 is 6.10 Å². The van der Waals surface area contributed by atoms with Crippen LogP contribution in [0.4, 0.5) is 5.69 Å². The molecule has 5 nitrogen and oxygen atoms in total. The minimum absolute atomic E-state index is 0.00512. The number of hydrogen-bond donors (Lipinski definition) is 0. The molecule has 1 aliphatic heterocycles. The highest BCUT2D eigenvalue weighted by Gasteiger charge is 2.26. The molecule has 0 radical (unpaired) electrons. The molecule has 3 rings (SSSR count). The van der Waals surface area contributed by atoms with E-state index in [1.54, 1.807) is 25.1 Å². The van der Waals surface area contributed by atoms with Crippen molar-refractivity contribution in [3.63, 3.8) is 0 Å². The minimum Gasteiger partial charge on any atom is -0.481 e. The SMILES string of the molecule is Cc1cc(N2CCN(C(=O)C(C)Oc3cccc(Cl)c3)CC2)ccn1. The van der Waals surface area contributed by atoms with E-state index in [4.69, 9.17) is 16.3 Å². The molecule has 2 aromatic rings. The lowest BCUT2D eigenvalue weighted by Gasteiger charge is -2.37. The highest BCUT2D eigenvalue weighted by molar-refractivity contribution is 6.30. The van der Waals surface area contributed by atoms with Gasteiger partial charge in [0.25, 0.3) is 5.91 Å². The number of aromatic nitrogens is 1. The zero-order valence-corrected chi connectivity index (χ0v) is 15.2. The van der Waals surface area contributed by atoms with Crippen molar-refractivity contribution in [2.45, 2.75) is 20.0 Å². The Balaban J connectivity index is 1.56. The van der Waals surface area contributed by atoms with Crippen LogP contribution in [-0.4, -0.2) is 48.1 Å². The number of benzene rings is 1. The first-order valence-corrected chi connectivity index (χ1v) is 8.79. The number of pyridine rings is 1. The van der Waals surface area contributed by atoms with E-state index in [9.17, 15) is 4.79 Å². The number of nitrogens with zero attached hydrogens (tertiary/aromatic N) is 3. The van der Waals surface area contributed by atoms with Crippen LogP contribution >= 0.6 is 11.6 Å². The third-order valence-electron chi connectivity index (χ3n) is 4.29. The van der Waals surface area contributed by atoms with E-state index in [0.29, 0.717) is 23.9 Å². The molecule has 0 spiro atoms. The Morgan fingerprint density at radius 3 is 2.64 bits per heavy atom. The lowest BCUT2D eigenvalue weighted by Crippen LogP contribution is -2.52. The average molecular weight is 360 g/mol. The summed E-state index contributed by atoms with van der Waals surface area (Å²) in [6.45, 7) is 6.74. The van der Waals surface area contributed by atoms with Gasteiger partial charge in [0.15, 0.2) is 6.10 Å². The topological polar surface area (TPSA) is 45.7 Å². The molecule has 0 bridgehead atoms. The Labute approximate surface area is 153 Å². The van der Waals surface area contributed by atoms with Crippen molar-refractivity contribution in [2.24, 2.45) is 0 Å². The first-order valence-electron chi connectivity index (χ1n) is 8.41. The molecule has 25 heavy (non-hydrogen) atoms. The third kappa shape index (κ3) is 4.42. The van der Waals surface area contributed by atoms with Crippen LogP contribution < -0.4 is 9.64 Å². The molecule has 132 valence electrons. The molecule has 1 aromatic carbocycles. The molecule has 1 saturated heterocycles. The molecule has 1 aromatic heterocycles. The number of halogens is 1. The summed E-state index contributed by atoms with van der Waals surface area (Å²) >= 11 is 5.96. The van der Waals surface area contributed by atoms with Gasteiger partial charge in [-0.05, 0) is 44.2 Å². The number of ether oxygens (including phenoxy) is 1. The highest BCUT2D eigenvalue weighted by Crippen LogP contribution is 2.20. The van der Waals surface area contributed by atoms with Crippen LogP contribution in [0.3, 0.4) is 0 Å². The zero-order valence-electron chi connectivity index (χ0n) is 14.5. The number of carbonyl (C=O) groups excluding carboxylic acids is 1. The van der Waals surface area contributed by atoms with Crippen LogP contribution in [0.2, 0.25) is 5.02 Å². The van der Waals surface area contributed by atoms with Crippen molar-refractivity contribution < 1.29 is 9.53 Å². The van der Waals surface area contributed by atoms with E-state index in [-0.39, 0.29) is 5.91 Å². The first kappa shape index (κ1) is 17.5. The van der Waals surface area contributed by atoms with Gasteiger partial charge in [-0.25, -0.2) is 0 Å². The summed E-state index contributed by atoms with van der Waals surface area (Å²) < 4.78 is 5.74. The summed E-state index contributed by atoms with van der Waals surface area (Å²) in [5.41, 5.74) is 2.15. The first-order chi connectivity index (χ1) is 12.0. The molecule has 0 saturated carbocycles. The fourth-order valence-corrected chi connectivity index (χ4v) is 3.14. The van der Waals surface area contributed by atoms with E-state index in [1.165, 1.54) is 0 Å². The lowest BCUT2D eigenvalue weighted by molar-refractivity contribution is -0.138. The summed E-state index contributed by atoms with van der Waals surface area (Å²) in [5.74, 6) is 0.616. The fourth-order valence-electron chi connectivity index (χ4n) is 2.96. The Kier molecular flexibility index (Phi) is 5.43. The molecule has 1 aliphatic rings. The van der Waals surface area contributed by atoms with Gasteiger partial charge in [0.05, 0.1) is 0 Å². The average Bonchev–Trinajstić information content (AvgIpc) is 2.61. The van der Waals surface area contributed by atoms with Gasteiger partial charge in [0.2, 0.25) is 0 Å². The summed E-state index contributed by atoms with van der Waals surface area (Å²) in [4.78, 5) is 21.0. The largest absolute Gasteiger partial charge is 0.481 e. The Morgan fingerprint density at radius 1 is 1.20 bits per heavy atom. The monoisotopic (exact) mass is 359 g/mol. The molecule has 1 amide bonds. The van der Waals surface area contributed by atoms with Gasteiger partial charge in [-0.2, -0.15) is 0 Å². The van der Waals surface area contributed by atoms with Crippen LogP contribution in [0.5, 0.6) is 5.75 Å². The van der Waals surface area contributed by atoms with Gasteiger partial charge in [-0.3, -0.25) is 9.78 Å². The quantitative estimate of drug-likeness (QED) is 0.841. The number of anilines is 1. The Hall–Kier alpha value is -2.27. The predicted molar refractivity (Wildman–Crippen MR) is 99.3 cm³/mol. The van der Waals surface area contributed by atoms with Crippen molar-refractivity contribution in [2.75, 3.05) is 31.1 Å². The van der Waals surface area contributed by atoms with Crippen molar-refractivity contribution in [1.82, 2.24) is 9.88 Å². The second-order valence-electron chi connectivity index (χ2n) is 6.19. The molecular weight excluding hydrogens is 338 g/mol. The van der Waals surface area contributed by atoms with E-state index in [2.05, 4.69) is 16.0 Å². The maximum atomic E-state index is 12.6. The summed E-state index contributed by atoms with van der Waals surface area (Å²) in [6, 6.07) is 11.2. The Morgan fingerprint density at radius 2 is 1.96 bits per heavy atom. The smallest absolute Gasteiger partial charge is 0.263 e. The summed E-state index contributed by atoms with van der Waals surface area (Å²) in [7, 11) is 0. The molecule has 1 atom stereocenters. The highest BCUT2D eigenvalue weighted by atomic mass is 35.5. The number of hydrogen-bond acceptors (Lipinski definition) is 4. The molecule has 1 unspecified atom stereocenters.